The fourth-order valence-electron chi connectivity index (χ4n) is 3.92. The van der Waals surface area contributed by atoms with Crippen molar-refractivity contribution < 1.29 is 39.3 Å². The summed E-state index contributed by atoms with van der Waals surface area (Å²) in [5.74, 6) is -5.06. The first-order chi connectivity index (χ1) is 18.8. The van der Waals surface area contributed by atoms with Crippen molar-refractivity contribution in [1.29, 1.82) is 0 Å². The maximum absolute atomic E-state index is 13.1. The van der Waals surface area contributed by atoms with Gasteiger partial charge in [0.2, 0.25) is 17.7 Å². The molecule has 0 aliphatic rings. The molecule has 0 aromatic heterocycles. The SMILES string of the molecule is CC(C)CC(NC(=O)C(Cc1ccccc1)NC(=O)CC(NC(=O)C(N)Cc1ccc(O)cc1)C(=O)O)C(=O)O. The highest BCUT2D eigenvalue weighted by Gasteiger charge is 2.30. The van der Waals surface area contributed by atoms with Gasteiger partial charge in [-0.15, -0.1) is 0 Å². The minimum absolute atomic E-state index is 0.0219. The third kappa shape index (κ3) is 10.7. The normalized spacial score (nSPS) is 13.9. The van der Waals surface area contributed by atoms with Gasteiger partial charge in [0.25, 0.3) is 0 Å². The van der Waals surface area contributed by atoms with Gasteiger partial charge in [0, 0.05) is 6.42 Å². The first-order valence-electron chi connectivity index (χ1n) is 12.8. The van der Waals surface area contributed by atoms with E-state index in [-0.39, 0.29) is 30.9 Å². The number of aromatic hydroxyl groups is 1. The summed E-state index contributed by atoms with van der Waals surface area (Å²) in [5, 5.41) is 35.7. The van der Waals surface area contributed by atoms with Gasteiger partial charge in [0.15, 0.2) is 0 Å². The van der Waals surface area contributed by atoms with Crippen LogP contribution in [0.15, 0.2) is 54.6 Å². The van der Waals surface area contributed by atoms with Crippen LogP contribution >= 0.6 is 0 Å². The fourth-order valence-corrected chi connectivity index (χ4v) is 3.92. The molecule has 4 unspecified atom stereocenters. The standard InChI is InChI=1S/C28H36N4O8/c1-16(2)12-22(27(37)38)32-26(36)21(14-17-6-4-3-5-7-17)30-24(34)15-23(28(39)40)31-25(35)20(29)13-18-8-10-19(33)11-9-18/h3-11,16,20-23,33H,12-15,29H2,1-2H3,(H,30,34)(H,31,35)(H,32,36)(H,37,38)(H,39,40). The Hall–Kier alpha value is -4.45. The summed E-state index contributed by atoms with van der Waals surface area (Å²) in [4.78, 5) is 61.9. The number of carbonyl (C=O) groups is 5. The van der Waals surface area contributed by atoms with Crippen molar-refractivity contribution in [2.75, 3.05) is 0 Å². The summed E-state index contributed by atoms with van der Waals surface area (Å²) in [7, 11) is 0. The second-order valence-corrected chi connectivity index (χ2v) is 9.92. The van der Waals surface area contributed by atoms with Crippen LogP contribution in [-0.4, -0.2) is 69.1 Å². The summed E-state index contributed by atoms with van der Waals surface area (Å²) < 4.78 is 0. The Bertz CT molecular complexity index is 1170. The van der Waals surface area contributed by atoms with Gasteiger partial charge in [-0.3, -0.25) is 14.4 Å². The van der Waals surface area contributed by atoms with Crippen molar-refractivity contribution in [1.82, 2.24) is 16.0 Å². The quantitative estimate of drug-likeness (QED) is 0.163. The van der Waals surface area contributed by atoms with E-state index >= 15 is 0 Å². The molecule has 0 aliphatic heterocycles. The van der Waals surface area contributed by atoms with E-state index in [1.54, 1.807) is 42.5 Å². The Morgan fingerprint density at radius 2 is 1.27 bits per heavy atom. The monoisotopic (exact) mass is 556 g/mol. The molecule has 2 aromatic carbocycles. The lowest BCUT2D eigenvalue weighted by atomic mass is 10.0. The molecule has 4 atom stereocenters. The van der Waals surface area contributed by atoms with Gasteiger partial charge in [-0.2, -0.15) is 0 Å². The fraction of sp³-hybridized carbons (Fsp3) is 0.393. The molecule has 0 heterocycles. The van der Waals surface area contributed by atoms with Gasteiger partial charge in [-0.1, -0.05) is 56.3 Å². The average Bonchev–Trinajstić information content (AvgIpc) is 2.88. The zero-order valence-electron chi connectivity index (χ0n) is 22.4. The molecule has 40 heavy (non-hydrogen) atoms. The van der Waals surface area contributed by atoms with Crippen LogP contribution in [0.3, 0.4) is 0 Å². The van der Waals surface area contributed by atoms with E-state index in [9.17, 15) is 39.3 Å². The molecule has 0 fully saturated rings. The summed E-state index contributed by atoms with van der Waals surface area (Å²) >= 11 is 0. The van der Waals surface area contributed by atoms with Crippen molar-refractivity contribution in [3.63, 3.8) is 0 Å². The van der Waals surface area contributed by atoms with Crippen LogP contribution in [0, 0.1) is 5.92 Å². The molecule has 8 N–H and O–H groups in total. The molecule has 3 amide bonds. The van der Waals surface area contributed by atoms with Crippen LogP contribution in [0.1, 0.15) is 37.8 Å². The van der Waals surface area contributed by atoms with Crippen LogP contribution in [-0.2, 0) is 36.8 Å². The Labute approximate surface area is 232 Å². The molecule has 2 aromatic rings. The van der Waals surface area contributed by atoms with Gasteiger partial charge in [0.05, 0.1) is 12.5 Å². The first-order valence-corrected chi connectivity index (χ1v) is 12.8. The van der Waals surface area contributed by atoms with Gasteiger partial charge in [-0.05, 0) is 42.0 Å². The Morgan fingerprint density at radius 3 is 1.82 bits per heavy atom. The van der Waals surface area contributed by atoms with Gasteiger partial charge in [-0.25, -0.2) is 9.59 Å². The molecular weight excluding hydrogens is 520 g/mol. The second kappa shape index (κ2) is 15.2. The molecule has 0 saturated carbocycles. The highest BCUT2D eigenvalue weighted by atomic mass is 16.4. The van der Waals surface area contributed by atoms with Gasteiger partial charge in [0.1, 0.15) is 23.9 Å². The largest absolute Gasteiger partial charge is 0.508 e. The van der Waals surface area contributed by atoms with E-state index in [0.29, 0.717) is 11.1 Å². The number of carbonyl (C=O) groups excluding carboxylic acids is 3. The number of benzene rings is 2. The number of nitrogens with one attached hydrogen (secondary N) is 3. The maximum atomic E-state index is 13.1. The summed E-state index contributed by atoms with van der Waals surface area (Å²) in [6.45, 7) is 3.62. The van der Waals surface area contributed by atoms with E-state index in [0.717, 1.165) is 0 Å². The molecular formula is C28H36N4O8. The van der Waals surface area contributed by atoms with Crippen molar-refractivity contribution in [3.8, 4) is 5.75 Å². The van der Waals surface area contributed by atoms with Crippen molar-refractivity contribution >= 4 is 29.7 Å². The van der Waals surface area contributed by atoms with Gasteiger partial charge < -0.3 is 37.0 Å². The second-order valence-electron chi connectivity index (χ2n) is 9.92. The molecule has 0 saturated heterocycles. The Morgan fingerprint density at radius 1 is 0.725 bits per heavy atom. The number of phenols is 1. The van der Waals surface area contributed by atoms with E-state index in [1.165, 1.54) is 12.1 Å². The van der Waals surface area contributed by atoms with E-state index in [1.807, 2.05) is 13.8 Å². The third-order valence-electron chi connectivity index (χ3n) is 5.99. The molecule has 0 radical (unpaired) electrons. The van der Waals surface area contributed by atoms with E-state index in [2.05, 4.69) is 16.0 Å². The van der Waals surface area contributed by atoms with Crippen LogP contribution in [0.25, 0.3) is 0 Å². The first kappa shape index (κ1) is 31.8. The highest BCUT2D eigenvalue weighted by Crippen LogP contribution is 2.12. The molecule has 216 valence electrons. The van der Waals surface area contributed by atoms with Crippen LogP contribution in [0.4, 0.5) is 0 Å². The molecule has 0 aliphatic carbocycles. The summed E-state index contributed by atoms with van der Waals surface area (Å²) in [6, 6.07) is 9.55. The minimum Gasteiger partial charge on any atom is -0.508 e. The molecule has 12 heteroatoms. The van der Waals surface area contributed by atoms with Crippen molar-refractivity contribution in [3.05, 3.63) is 65.7 Å². The number of carboxylic acid groups (broad SMARTS) is 2. The third-order valence-corrected chi connectivity index (χ3v) is 5.99. The molecule has 0 spiro atoms. The maximum Gasteiger partial charge on any atom is 0.326 e. The predicted octanol–water partition coefficient (Wildman–Crippen LogP) is 0.565. The number of hydrogen-bond donors (Lipinski definition) is 7. The summed E-state index contributed by atoms with van der Waals surface area (Å²) in [5.41, 5.74) is 7.23. The van der Waals surface area contributed by atoms with Crippen LogP contribution < -0.4 is 21.7 Å². The van der Waals surface area contributed by atoms with Crippen LogP contribution in [0.5, 0.6) is 5.75 Å². The Kier molecular flexibility index (Phi) is 12.1. The van der Waals surface area contributed by atoms with Gasteiger partial charge >= 0.3 is 11.9 Å². The number of nitrogens with two attached hydrogens (primary N) is 1. The number of phenolic OH excluding ortho intramolecular Hbond substituents is 1. The number of rotatable bonds is 15. The number of amides is 3. The minimum atomic E-state index is -1.63. The lowest BCUT2D eigenvalue weighted by Crippen LogP contribution is -2.54. The zero-order chi connectivity index (χ0) is 29.8. The van der Waals surface area contributed by atoms with Crippen molar-refractivity contribution in [2.24, 2.45) is 11.7 Å². The van der Waals surface area contributed by atoms with Crippen LogP contribution in [0.2, 0.25) is 0 Å². The average molecular weight is 557 g/mol. The number of aliphatic carboxylic acids is 2. The number of hydrogen-bond acceptors (Lipinski definition) is 7. The number of carboxylic acids is 2. The summed E-state index contributed by atoms with van der Waals surface area (Å²) in [6.07, 6.45) is -0.441. The lowest BCUT2D eigenvalue weighted by Gasteiger charge is -2.23. The predicted molar refractivity (Wildman–Crippen MR) is 145 cm³/mol. The molecule has 12 nitrogen and oxygen atoms in total. The topological polar surface area (TPSA) is 208 Å². The smallest absolute Gasteiger partial charge is 0.326 e. The lowest BCUT2D eigenvalue weighted by molar-refractivity contribution is -0.144. The molecule has 0 bridgehead atoms. The van der Waals surface area contributed by atoms with Crippen molar-refractivity contribution in [2.45, 2.75) is 63.7 Å². The molecule has 2 rings (SSSR count). The zero-order valence-corrected chi connectivity index (χ0v) is 22.4. The highest BCUT2D eigenvalue weighted by molar-refractivity contribution is 5.93. The van der Waals surface area contributed by atoms with E-state index < -0.39 is 60.2 Å². The Balaban J connectivity index is 2.10. The van der Waals surface area contributed by atoms with E-state index in [4.69, 9.17) is 5.73 Å².